The van der Waals surface area contributed by atoms with E-state index in [-0.39, 0.29) is 72.6 Å². The SMILES string of the molecule is COc1c(O)c2c(=O)cc(OC)c3c4c(OC)cc(=O)c5c(NCCCC(=O)O)c(NCCCC(=O)O)c6c(c(c1C(C(C)=O)C(C)=C6)c23)c54. The first-order valence-corrected chi connectivity index (χ1v) is 16.0. The number of anilines is 2. The average Bonchev–Trinajstić information content (AvgIpc) is 3.19. The normalized spacial score (nSPS) is 13.9. The Morgan fingerprint density at radius 1 is 0.720 bits per heavy atom. The molecular formula is C37H36N2O11. The highest BCUT2D eigenvalue weighted by Gasteiger charge is 2.37. The van der Waals surface area contributed by atoms with Crippen LogP contribution in [-0.4, -0.2) is 67.5 Å². The summed E-state index contributed by atoms with van der Waals surface area (Å²) in [5, 5.41) is 39.6. The molecule has 5 aromatic carbocycles. The van der Waals surface area contributed by atoms with E-state index in [2.05, 4.69) is 10.6 Å². The number of carboxylic acids is 2. The maximum Gasteiger partial charge on any atom is 0.303 e. The molecule has 260 valence electrons. The van der Waals surface area contributed by atoms with Gasteiger partial charge in [-0.15, -0.1) is 0 Å². The Kier molecular flexibility index (Phi) is 8.77. The van der Waals surface area contributed by atoms with E-state index in [9.17, 15) is 39.3 Å². The number of aromatic hydroxyl groups is 1. The van der Waals surface area contributed by atoms with Crippen molar-refractivity contribution >= 4 is 78.3 Å². The molecule has 0 heterocycles. The molecule has 1 atom stereocenters. The summed E-state index contributed by atoms with van der Waals surface area (Å²) in [5.74, 6) is -3.35. The summed E-state index contributed by atoms with van der Waals surface area (Å²) < 4.78 is 17.4. The number of ketones is 1. The molecule has 6 rings (SSSR count). The predicted octanol–water partition coefficient (Wildman–Crippen LogP) is 5.27. The van der Waals surface area contributed by atoms with Crippen molar-refractivity contribution in [2.24, 2.45) is 0 Å². The second kappa shape index (κ2) is 12.9. The molecule has 5 aromatic rings. The van der Waals surface area contributed by atoms with Crippen LogP contribution in [0.5, 0.6) is 23.0 Å². The van der Waals surface area contributed by atoms with Crippen molar-refractivity contribution in [3.8, 4) is 23.0 Å². The maximum absolute atomic E-state index is 14.3. The van der Waals surface area contributed by atoms with Gasteiger partial charge in [0.25, 0.3) is 0 Å². The fourth-order valence-corrected chi connectivity index (χ4v) is 7.55. The van der Waals surface area contributed by atoms with Crippen LogP contribution < -0.4 is 35.7 Å². The molecular weight excluding hydrogens is 648 g/mol. The molecule has 50 heavy (non-hydrogen) atoms. The minimum Gasteiger partial charge on any atom is -0.504 e. The summed E-state index contributed by atoms with van der Waals surface area (Å²) in [6.07, 6.45) is 2.02. The van der Waals surface area contributed by atoms with E-state index in [1.807, 2.05) is 6.08 Å². The second-order valence-electron chi connectivity index (χ2n) is 12.4. The minimum absolute atomic E-state index is 0.0600. The van der Waals surface area contributed by atoms with Gasteiger partial charge in [-0.2, -0.15) is 0 Å². The highest BCUT2D eigenvalue weighted by atomic mass is 16.5. The van der Waals surface area contributed by atoms with Crippen LogP contribution in [0.3, 0.4) is 0 Å². The second-order valence-corrected chi connectivity index (χ2v) is 12.4. The number of carboxylic acid groups (broad SMARTS) is 2. The van der Waals surface area contributed by atoms with Crippen LogP contribution >= 0.6 is 0 Å². The summed E-state index contributed by atoms with van der Waals surface area (Å²) in [6.45, 7) is 3.54. The topological polar surface area (TPSA) is 198 Å². The molecule has 0 radical (unpaired) electrons. The summed E-state index contributed by atoms with van der Waals surface area (Å²) in [5.41, 5.74) is 1.19. The number of allylic oxidation sites excluding steroid dienone is 1. The molecule has 0 saturated heterocycles. The average molecular weight is 685 g/mol. The first kappa shape index (κ1) is 34.0. The van der Waals surface area contributed by atoms with E-state index in [1.165, 1.54) is 40.4 Å². The molecule has 1 unspecified atom stereocenters. The Labute approximate surface area is 284 Å². The number of benzene rings is 5. The van der Waals surface area contributed by atoms with Crippen molar-refractivity contribution in [2.75, 3.05) is 45.1 Å². The smallest absolute Gasteiger partial charge is 0.303 e. The molecule has 0 spiro atoms. The standard InChI is InChI=1S/C37H36N2O11/c1-15-12-17-25-30-26(35(39-11-7-9-23(45)46)34(17)38-10-6-8-22(43)44)18(41)13-20(48-3)28(30)29-21(49-4)14-19(42)27-32(29)31(25)33(24(15)16(2)40)37(50-5)36(27)47/h12-14,24,38-39,47H,6-11H2,1-5H3,(H,43,44)(H,45,46). The van der Waals surface area contributed by atoms with E-state index < -0.39 is 34.5 Å². The number of fused-ring (bicyclic) bond motifs is 1. The van der Waals surface area contributed by atoms with Gasteiger partial charge < -0.3 is 40.2 Å². The van der Waals surface area contributed by atoms with Crippen molar-refractivity contribution in [3.63, 3.8) is 0 Å². The third kappa shape index (κ3) is 5.11. The van der Waals surface area contributed by atoms with Crippen molar-refractivity contribution in [1.29, 1.82) is 0 Å². The van der Waals surface area contributed by atoms with Gasteiger partial charge in [-0.1, -0.05) is 11.6 Å². The molecule has 1 aliphatic carbocycles. The van der Waals surface area contributed by atoms with Gasteiger partial charge in [0.15, 0.2) is 22.4 Å². The zero-order chi connectivity index (χ0) is 36.2. The number of Topliss-reactive ketones (excluding diaryl/α,β-unsaturated/α-hetero) is 1. The Bertz CT molecular complexity index is 2400. The van der Waals surface area contributed by atoms with Crippen LogP contribution in [0.4, 0.5) is 11.4 Å². The third-order valence-electron chi connectivity index (χ3n) is 9.42. The van der Waals surface area contributed by atoms with Crippen LogP contribution in [0.2, 0.25) is 0 Å². The highest BCUT2D eigenvalue weighted by molar-refractivity contribution is 6.40. The third-order valence-corrected chi connectivity index (χ3v) is 9.42. The van der Waals surface area contributed by atoms with Crippen LogP contribution in [0, 0.1) is 0 Å². The molecule has 1 aliphatic rings. The van der Waals surface area contributed by atoms with E-state index >= 15 is 0 Å². The number of phenolic OH excluding ortho intramolecular Hbond substituents is 1. The van der Waals surface area contributed by atoms with Gasteiger partial charge in [0, 0.05) is 76.1 Å². The van der Waals surface area contributed by atoms with E-state index in [0.717, 1.165) is 0 Å². The molecule has 0 saturated carbocycles. The van der Waals surface area contributed by atoms with Gasteiger partial charge in [-0.3, -0.25) is 24.0 Å². The zero-order valence-electron chi connectivity index (χ0n) is 28.2. The molecule has 13 nitrogen and oxygen atoms in total. The minimum atomic E-state index is -0.982. The van der Waals surface area contributed by atoms with Gasteiger partial charge >= 0.3 is 11.9 Å². The Morgan fingerprint density at radius 2 is 1.24 bits per heavy atom. The molecule has 0 bridgehead atoms. The number of hydrogen-bond acceptors (Lipinski definition) is 11. The molecule has 0 fully saturated rings. The highest BCUT2D eigenvalue weighted by Crippen LogP contribution is 2.58. The Balaban J connectivity index is 1.95. The monoisotopic (exact) mass is 684 g/mol. The maximum atomic E-state index is 14.3. The van der Waals surface area contributed by atoms with Gasteiger partial charge in [-0.25, -0.2) is 0 Å². The number of aliphatic carboxylic acids is 2. The van der Waals surface area contributed by atoms with E-state index in [4.69, 9.17) is 14.2 Å². The number of carbonyl (C=O) groups excluding carboxylic acids is 1. The summed E-state index contributed by atoms with van der Waals surface area (Å²) in [6, 6.07) is 2.57. The molecule has 0 aliphatic heterocycles. The van der Waals surface area contributed by atoms with E-state index in [1.54, 1.807) is 6.92 Å². The van der Waals surface area contributed by atoms with Gasteiger partial charge in [0.2, 0.25) is 0 Å². The van der Waals surface area contributed by atoms with Crippen LogP contribution in [0.25, 0.3) is 49.2 Å². The predicted molar refractivity (Wildman–Crippen MR) is 190 cm³/mol. The lowest BCUT2D eigenvalue weighted by Crippen LogP contribution is -2.16. The number of hydrogen-bond donors (Lipinski definition) is 5. The van der Waals surface area contributed by atoms with Gasteiger partial charge in [0.05, 0.1) is 49.4 Å². The summed E-state index contributed by atoms with van der Waals surface area (Å²) in [4.78, 5) is 64.4. The number of methoxy groups -OCH3 is 3. The summed E-state index contributed by atoms with van der Waals surface area (Å²) >= 11 is 0. The van der Waals surface area contributed by atoms with Gasteiger partial charge in [0.1, 0.15) is 17.3 Å². The zero-order valence-corrected chi connectivity index (χ0v) is 28.2. The lowest BCUT2D eigenvalue weighted by molar-refractivity contribution is -0.138. The molecule has 13 heteroatoms. The number of phenols is 1. The lowest BCUT2D eigenvalue weighted by Gasteiger charge is -2.26. The molecule has 5 N–H and O–H groups in total. The van der Waals surface area contributed by atoms with E-state index in [0.29, 0.717) is 60.4 Å². The van der Waals surface area contributed by atoms with Crippen molar-refractivity contribution in [1.82, 2.24) is 0 Å². The van der Waals surface area contributed by atoms with Gasteiger partial charge in [-0.05, 0) is 32.1 Å². The first-order chi connectivity index (χ1) is 23.9. The van der Waals surface area contributed by atoms with Crippen LogP contribution in [0.15, 0.2) is 27.3 Å². The van der Waals surface area contributed by atoms with Crippen molar-refractivity contribution in [2.45, 2.75) is 45.4 Å². The van der Waals surface area contributed by atoms with Crippen LogP contribution in [0.1, 0.15) is 56.6 Å². The molecule has 0 aromatic heterocycles. The fraction of sp³-hybridized carbons (Fsp3) is 0.324. The largest absolute Gasteiger partial charge is 0.504 e. The van der Waals surface area contributed by atoms with Crippen molar-refractivity contribution < 1.29 is 43.9 Å². The Hall–Kier alpha value is -5.85. The number of carbonyl (C=O) groups is 3. The number of ether oxygens (including phenoxy) is 3. The molecule has 0 amide bonds. The number of nitrogens with one attached hydrogen (secondary N) is 2. The quantitative estimate of drug-likeness (QED) is 0.0577. The summed E-state index contributed by atoms with van der Waals surface area (Å²) in [7, 11) is 4.15. The fourth-order valence-electron chi connectivity index (χ4n) is 7.55. The first-order valence-electron chi connectivity index (χ1n) is 16.0. The lowest BCUT2D eigenvalue weighted by atomic mass is 9.80. The van der Waals surface area contributed by atoms with Crippen LogP contribution in [-0.2, 0) is 14.4 Å². The Morgan fingerprint density at radius 3 is 1.74 bits per heavy atom. The van der Waals surface area contributed by atoms with Crippen molar-refractivity contribution in [3.05, 3.63) is 49.3 Å². The number of rotatable bonds is 14.